The van der Waals surface area contributed by atoms with Crippen molar-refractivity contribution in [3.8, 4) is 0 Å². The second-order valence-corrected chi connectivity index (χ2v) is 8.00. The summed E-state index contributed by atoms with van der Waals surface area (Å²) in [7, 11) is 0. The number of hydrogen-bond donors (Lipinski definition) is 3. The molecule has 1 aliphatic heterocycles. The quantitative estimate of drug-likeness (QED) is 0.236. The van der Waals surface area contributed by atoms with Crippen molar-refractivity contribution >= 4 is 46.5 Å². The lowest BCUT2D eigenvalue weighted by molar-refractivity contribution is 0.122. The van der Waals surface area contributed by atoms with Gasteiger partial charge in [-0.1, -0.05) is 24.3 Å². The van der Waals surface area contributed by atoms with Gasteiger partial charge in [0.05, 0.1) is 19.8 Å². The smallest absolute Gasteiger partial charge is 0.191 e. The van der Waals surface area contributed by atoms with E-state index in [-0.39, 0.29) is 24.0 Å². The highest BCUT2D eigenvalue weighted by molar-refractivity contribution is 14.0. The highest BCUT2D eigenvalue weighted by Gasteiger charge is 2.10. The minimum absolute atomic E-state index is 0. The molecule has 0 bridgehead atoms. The van der Waals surface area contributed by atoms with Crippen LogP contribution in [0, 0.1) is 6.92 Å². The van der Waals surface area contributed by atoms with Crippen LogP contribution >= 0.6 is 24.0 Å². The Labute approximate surface area is 207 Å². The van der Waals surface area contributed by atoms with E-state index in [2.05, 4.69) is 83.0 Å². The number of benzene rings is 2. The summed E-state index contributed by atoms with van der Waals surface area (Å²) in [6, 6.07) is 15.3. The average Bonchev–Trinajstić information content (AvgIpc) is 3.20. The first-order valence-corrected chi connectivity index (χ1v) is 11.2. The van der Waals surface area contributed by atoms with Crippen LogP contribution in [0.2, 0.25) is 0 Å². The van der Waals surface area contributed by atoms with Crippen LogP contribution in [-0.4, -0.2) is 50.3 Å². The van der Waals surface area contributed by atoms with E-state index in [1.807, 2.05) is 0 Å². The largest absolute Gasteiger partial charge is 0.378 e. The number of fused-ring (bicyclic) bond motifs is 1. The molecule has 1 saturated heterocycles. The Hall–Kier alpha value is -2.26. The normalized spacial score (nSPS) is 14.3. The zero-order chi connectivity index (χ0) is 21.5. The van der Waals surface area contributed by atoms with Gasteiger partial charge < -0.3 is 25.3 Å². The third-order valence-corrected chi connectivity index (χ3v) is 5.69. The Balaban J connectivity index is 0.00000289. The van der Waals surface area contributed by atoms with Gasteiger partial charge in [0.2, 0.25) is 0 Å². The molecule has 0 spiro atoms. The standard InChI is InChI=1S/C25H33N5O.HI/c1-3-26-25(27-11-10-21-18-28-24-16-19(2)4-9-23(21)24)29-17-20-5-7-22(8-6-20)30-12-14-31-15-13-30;/h4-9,16,18,28H,3,10-15,17H2,1-2H3,(H2,26,27,29);1H. The Morgan fingerprint density at radius 2 is 1.88 bits per heavy atom. The molecule has 0 aliphatic carbocycles. The predicted octanol–water partition coefficient (Wildman–Crippen LogP) is 4.23. The molecule has 0 saturated carbocycles. The highest BCUT2D eigenvalue weighted by atomic mass is 127. The Morgan fingerprint density at radius 1 is 1.09 bits per heavy atom. The minimum Gasteiger partial charge on any atom is -0.378 e. The molecule has 32 heavy (non-hydrogen) atoms. The molecular formula is C25H34IN5O. The van der Waals surface area contributed by atoms with Crippen LogP contribution in [0.25, 0.3) is 10.9 Å². The number of hydrogen-bond acceptors (Lipinski definition) is 3. The fourth-order valence-corrected chi connectivity index (χ4v) is 3.97. The monoisotopic (exact) mass is 547 g/mol. The number of aliphatic imine (C=N–C) groups is 1. The third-order valence-electron chi connectivity index (χ3n) is 5.69. The number of ether oxygens (including phenoxy) is 1. The van der Waals surface area contributed by atoms with E-state index < -0.39 is 0 Å². The number of guanidine groups is 1. The fourth-order valence-electron chi connectivity index (χ4n) is 3.97. The van der Waals surface area contributed by atoms with Crippen molar-refractivity contribution in [1.82, 2.24) is 15.6 Å². The number of H-pyrrole nitrogens is 1. The SMILES string of the molecule is CCNC(=NCc1ccc(N2CCOCC2)cc1)NCCc1c[nH]c2cc(C)ccc12.I. The molecule has 6 nitrogen and oxygen atoms in total. The molecule has 0 atom stereocenters. The number of aryl methyl sites for hydroxylation is 1. The van der Waals surface area contributed by atoms with E-state index in [0.29, 0.717) is 6.54 Å². The Kier molecular flexibility index (Phi) is 9.23. The number of morpholine rings is 1. The molecule has 3 aromatic rings. The molecule has 2 aromatic carbocycles. The van der Waals surface area contributed by atoms with Crippen LogP contribution in [0.3, 0.4) is 0 Å². The van der Waals surface area contributed by atoms with Gasteiger partial charge in [-0.05, 0) is 55.2 Å². The van der Waals surface area contributed by atoms with Gasteiger partial charge in [0.25, 0.3) is 0 Å². The number of anilines is 1. The maximum absolute atomic E-state index is 5.44. The number of nitrogens with zero attached hydrogens (tertiary/aromatic N) is 2. The van der Waals surface area contributed by atoms with Gasteiger partial charge >= 0.3 is 0 Å². The first-order valence-electron chi connectivity index (χ1n) is 11.2. The summed E-state index contributed by atoms with van der Waals surface area (Å²) in [6.45, 7) is 10.1. The average molecular weight is 547 g/mol. The van der Waals surface area contributed by atoms with Crippen molar-refractivity contribution in [1.29, 1.82) is 0 Å². The number of aromatic nitrogens is 1. The topological polar surface area (TPSA) is 64.7 Å². The minimum atomic E-state index is 0. The number of rotatable bonds is 7. The van der Waals surface area contributed by atoms with E-state index >= 15 is 0 Å². The molecule has 2 heterocycles. The fraction of sp³-hybridized carbons (Fsp3) is 0.400. The molecule has 172 valence electrons. The molecule has 0 radical (unpaired) electrons. The van der Waals surface area contributed by atoms with E-state index in [1.54, 1.807) is 0 Å². The zero-order valence-corrected chi connectivity index (χ0v) is 21.3. The third kappa shape index (κ3) is 6.38. The van der Waals surface area contributed by atoms with Crippen molar-refractivity contribution in [3.05, 3.63) is 65.4 Å². The Bertz CT molecular complexity index is 1010. The molecular weight excluding hydrogens is 513 g/mol. The maximum atomic E-state index is 5.44. The maximum Gasteiger partial charge on any atom is 0.191 e. The lowest BCUT2D eigenvalue weighted by Crippen LogP contribution is -2.38. The van der Waals surface area contributed by atoms with Crippen molar-refractivity contribution in [2.24, 2.45) is 4.99 Å². The molecule has 0 amide bonds. The van der Waals surface area contributed by atoms with Crippen LogP contribution in [-0.2, 0) is 17.7 Å². The molecule has 7 heteroatoms. The number of aromatic amines is 1. The van der Waals surface area contributed by atoms with Gasteiger partial charge in [0, 0.05) is 49.0 Å². The van der Waals surface area contributed by atoms with Crippen molar-refractivity contribution in [2.45, 2.75) is 26.8 Å². The summed E-state index contributed by atoms with van der Waals surface area (Å²) >= 11 is 0. The second-order valence-electron chi connectivity index (χ2n) is 8.00. The van der Waals surface area contributed by atoms with Crippen LogP contribution in [0.1, 0.15) is 23.6 Å². The first-order chi connectivity index (χ1) is 15.2. The first kappa shape index (κ1) is 24.4. The summed E-state index contributed by atoms with van der Waals surface area (Å²) in [6.07, 6.45) is 3.06. The molecule has 1 aliphatic rings. The van der Waals surface area contributed by atoms with Crippen molar-refractivity contribution in [2.75, 3.05) is 44.3 Å². The van der Waals surface area contributed by atoms with Gasteiger partial charge in [0.15, 0.2) is 5.96 Å². The van der Waals surface area contributed by atoms with Gasteiger partial charge in [-0.2, -0.15) is 0 Å². The van der Waals surface area contributed by atoms with Crippen molar-refractivity contribution in [3.63, 3.8) is 0 Å². The number of halogens is 1. The van der Waals surface area contributed by atoms with E-state index in [0.717, 1.165) is 51.8 Å². The summed E-state index contributed by atoms with van der Waals surface area (Å²) in [5.41, 5.74) is 6.28. The molecule has 0 unspecified atom stereocenters. The van der Waals surface area contributed by atoms with Gasteiger partial charge in [-0.15, -0.1) is 24.0 Å². The number of nitrogens with one attached hydrogen (secondary N) is 3. The molecule has 3 N–H and O–H groups in total. The summed E-state index contributed by atoms with van der Waals surface area (Å²) in [5, 5.41) is 8.12. The summed E-state index contributed by atoms with van der Waals surface area (Å²) in [4.78, 5) is 10.5. The molecule has 1 aromatic heterocycles. The van der Waals surface area contributed by atoms with Gasteiger partial charge in [0.1, 0.15) is 0 Å². The van der Waals surface area contributed by atoms with Crippen LogP contribution < -0.4 is 15.5 Å². The molecule has 4 rings (SSSR count). The van der Waals surface area contributed by atoms with Crippen LogP contribution in [0.15, 0.2) is 53.7 Å². The van der Waals surface area contributed by atoms with E-state index in [4.69, 9.17) is 9.73 Å². The van der Waals surface area contributed by atoms with E-state index in [1.165, 1.54) is 33.3 Å². The van der Waals surface area contributed by atoms with Crippen molar-refractivity contribution < 1.29 is 4.74 Å². The summed E-state index contributed by atoms with van der Waals surface area (Å²) < 4.78 is 5.44. The van der Waals surface area contributed by atoms with Crippen LogP contribution in [0.4, 0.5) is 5.69 Å². The zero-order valence-electron chi connectivity index (χ0n) is 19.0. The predicted molar refractivity (Wildman–Crippen MR) is 144 cm³/mol. The highest BCUT2D eigenvalue weighted by Crippen LogP contribution is 2.20. The summed E-state index contributed by atoms with van der Waals surface area (Å²) in [5.74, 6) is 0.857. The molecule has 1 fully saturated rings. The van der Waals surface area contributed by atoms with Gasteiger partial charge in [-0.25, -0.2) is 4.99 Å². The lowest BCUT2D eigenvalue weighted by atomic mass is 10.1. The second kappa shape index (κ2) is 12.1. The van der Waals surface area contributed by atoms with Crippen LogP contribution in [0.5, 0.6) is 0 Å². The lowest BCUT2D eigenvalue weighted by Gasteiger charge is -2.28. The van der Waals surface area contributed by atoms with Gasteiger partial charge in [-0.3, -0.25) is 0 Å². The van der Waals surface area contributed by atoms with E-state index in [9.17, 15) is 0 Å². The Morgan fingerprint density at radius 3 is 2.62 bits per heavy atom.